The van der Waals surface area contributed by atoms with Crippen LogP contribution in [-0.2, 0) is 4.74 Å². The highest BCUT2D eigenvalue weighted by atomic mass is 16.6. The van der Waals surface area contributed by atoms with Crippen molar-refractivity contribution in [2.45, 2.75) is 30.6 Å². The van der Waals surface area contributed by atoms with Crippen LogP contribution >= 0.6 is 0 Å². The van der Waals surface area contributed by atoms with Gasteiger partial charge in [-0.15, -0.1) is 5.10 Å². The topological polar surface area (TPSA) is 195 Å². The van der Waals surface area contributed by atoms with Crippen molar-refractivity contribution in [3.63, 3.8) is 0 Å². The van der Waals surface area contributed by atoms with Gasteiger partial charge in [0.25, 0.3) is 0 Å². The number of aliphatic hydroxyl groups excluding tert-OH is 4. The fourth-order valence-corrected chi connectivity index (χ4v) is 2.10. The number of nitrogens with zero attached hydrogens (tertiary/aromatic N) is 3. The molecule has 0 spiro atoms. The largest absolute Gasteiger partial charge is 0.476 e. The molecule has 12 nitrogen and oxygen atoms in total. The van der Waals surface area contributed by atoms with Crippen LogP contribution in [-0.4, -0.2) is 88.6 Å². The molecule has 22 heavy (non-hydrogen) atoms. The monoisotopic (exact) mass is 319 g/mol. The minimum Gasteiger partial charge on any atom is -0.476 e. The number of hydrogen-bond acceptors (Lipinski definition) is 9. The van der Waals surface area contributed by atoms with Crippen LogP contribution in [0.2, 0.25) is 0 Å². The molecule has 0 amide bonds. The van der Waals surface area contributed by atoms with Gasteiger partial charge in [-0.3, -0.25) is 0 Å². The first-order chi connectivity index (χ1) is 10.3. The number of hydrogen-bond donors (Lipinski definition) is 6. The maximum absolute atomic E-state index is 11.2. The predicted octanol–water partition coefficient (Wildman–Crippen LogP) is -3.35. The van der Waals surface area contributed by atoms with Crippen LogP contribution in [0, 0.1) is 0 Å². The van der Waals surface area contributed by atoms with Crippen LogP contribution in [0.3, 0.4) is 0 Å². The van der Waals surface area contributed by atoms with Gasteiger partial charge >= 0.3 is 11.9 Å². The van der Waals surface area contributed by atoms with Gasteiger partial charge in [-0.1, -0.05) is 5.21 Å². The van der Waals surface area contributed by atoms with E-state index in [2.05, 4.69) is 10.3 Å². The minimum atomic E-state index is -1.82. The van der Waals surface area contributed by atoms with Crippen molar-refractivity contribution in [3.05, 3.63) is 11.4 Å². The molecule has 0 radical (unpaired) electrons. The molecule has 0 bridgehead atoms. The molecule has 12 heteroatoms. The molecule has 1 aromatic rings. The smallest absolute Gasteiger partial charge is 0.359 e. The molecule has 6 N–H and O–H groups in total. The molecule has 0 aliphatic carbocycles. The zero-order chi connectivity index (χ0) is 16.6. The van der Waals surface area contributed by atoms with E-state index in [1.807, 2.05) is 0 Å². The molecule has 122 valence electrons. The Labute approximate surface area is 121 Å². The van der Waals surface area contributed by atoms with Crippen molar-refractivity contribution in [2.75, 3.05) is 6.61 Å². The Hall–Kier alpha value is -2.12. The molecule has 1 saturated heterocycles. The summed E-state index contributed by atoms with van der Waals surface area (Å²) in [5, 5.41) is 62.7. The van der Waals surface area contributed by atoms with Gasteiger partial charge in [-0.05, 0) is 0 Å². The molecule has 1 aliphatic heterocycles. The Kier molecular flexibility index (Phi) is 4.39. The lowest BCUT2D eigenvalue weighted by Crippen LogP contribution is -2.56. The number of carboxylic acid groups (broad SMARTS) is 2. The highest BCUT2D eigenvalue weighted by Gasteiger charge is 2.46. The van der Waals surface area contributed by atoms with Crippen molar-refractivity contribution >= 4 is 11.9 Å². The van der Waals surface area contributed by atoms with E-state index in [1.165, 1.54) is 0 Å². The summed E-state index contributed by atoms with van der Waals surface area (Å²) in [6.07, 6.45) is -8.19. The second kappa shape index (κ2) is 5.94. The standard InChI is InChI=1S/C10H13N3O9/c14-1-2-5(15)6(16)7(17)8(22-2)13-4(10(20)21)3(9(18)19)11-12-13/h2,5-8,14-17H,1H2,(H,18,19)(H,20,21)/t2-,5-,6+,7-,8-/m1/s1. The molecule has 1 aliphatic rings. The summed E-state index contributed by atoms with van der Waals surface area (Å²) < 4.78 is 5.56. The van der Waals surface area contributed by atoms with E-state index in [0.29, 0.717) is 4.68 Å². The zero-order valence-corrected chi connectivity index (χ0v) is 10.8. The summed E-state index contributed by atoms with van der Waals surface area (Å²) in [5.41, 5.74) is -1.76. The van der Waals surface area contributed by atoms with Gasteiger partial charge in [0.2, 0.25) is 5.69 Å². The minimum absolute atomic E-state index is 0.466. The summed E-state index contributed by atoms with van der Waals surface area (Å²) in [7, 11) is 0. The zero-order valence-electron chi connectivity index (χ0n) is 10.8. The second-order valence-electron chi connectivity index (χ2n) is 4.56. The lowest BCUT2D eigenvalue weighted by Gasteiger charge is -2.39. The van der Waals surface area contributed by atoms with Crippen molar-refractivity contribution in [1.29, 1.82) is 0 Å². The number of aliphatic hydroxyl groups is 4. The Morgan fingerprint density at radius 1 is 1.09 bits per heavy atom. The number of aromatic nitrogens is 3. The summed E-state index contributed by atoms with van der Waals surface area (Å²) in [6, 6.07) is 0. The fraction of sp³-hybridized carbons (Fsp3) is 0.600. The Morgan fingerprint density at radius 3 is 2.23 bits per heavy atom. The average Bonchev–Trinajstić information content (AvgIpc) is 2.90. The van der Waals surface area contributed by atoms with E-state index in [-0.39, 0.29) is 0 Å². The normalized spacial score (nSPS) is 31.9. The van der Waals surface area contributed by atoms with E-state index in [0.717, 1.165) is 0 Å². The molecule has 1 fully saturated rings. The second-order valence-corrected chi connectivity index (χ2v) is 4.56. The number of rotatable bonds is 4. The van der Waals surface area contributed by atoms with Crippen molar-refractivity contribution in [1.82, 2.24) is 15.0 Å². The fourth-order valence-electron chi connectivity index (χ4n) is 2.10. The van der Waals surface area contributed by atoms with E-state index in [1.54, 1.807) is 0 Å². The highest BCUT2D eigenvalue weighted by Crippen LogP contribution is 2.29. The number of ether oxygens (including phenoxy) is 1. The van der Waals surface area contributed by atoms with Gasteiger partial charge in [-0.2, -0.15) is 0 Å². The van der Waals surface area contributed by atoms with Crippen LogP contribution in [0.5, 0.6) is 0 Å². The van der Waals surface area contributed by atoms with Crippen molar-refractivity contribution in [2.24, 2.45) is 0 Å². The van der Waals surface area contributed by atoms with E-state index in [4.69, 9.17) is 20.1 Å². The SMILES string of the molecule is O=C(O)c1nnn([C@@H]2O[C@H](CO)[C@@H](O)[C@H](O)[C@H]2O)c1C(=O)O. The third-order valence-corrected chi connectivity index (χ3v) is 3.21. The molecule has 0 saturated carbocycles. The molecule has 2 heterocycles. The highest BCUT2D eigenvalue weighted by molar-refractivity contribution is 5.98. The van der Waals surface area contributed by atoms with Gasteiger partial charge in [0.1, 0.15) is 24.4 Å². The van der Waals surface area contributed by atoms with Crippen LogP contribution in [0.4, 0.5) is 0 Å². The first-order valence-electron chi connectivity index (χ1n) is 6.01. The van der Waals surface area contributed by atoms with E-state index in [9.17, 15) is 24.9 Å². The third-order valence-electron chi connectivity index (χ3n) is 3.21. The first-order valence-corrected chi connectivity index (χ1v) is 6.01. The van der Waals surface area contributed by atoms with Crippen LogP contribution in [0.15, 0.2) is 0 Å². The van der Waals surface area contributed by atoms with Gasteiger partial charge < -0.3 is 35.4 Å². The van der Waals surface area contributed by atoms with Crippen molar-refractivity contribution in [3.8, 4) is 0 Å². The number of aromatic carboxylic acids is 2. The Bertz CT molecular complexity index is 586. The van der Waals surface area contributed by atoms with Gasteiger partial charge in [0.15, 0.2) is 11.9 Å². The molecule has 0 aromatic carbocycles. The maximum Gasteiger partial charge on any atom is 0.359 e. The molecule has 1 aromatic heterocycles. The lowest BCUT2D eigenvalue weighted by molar-refractivity contribution is -0.254. The quantitative estimate of drug-likeness (QED) is 0.324. The van der Waals surface area contributed by atoms with E-state index < -0.39 is 60.6 Å². The number of carbonyl (C=O) groups is 2. The Balaban J connectivity index is 2.46. The van der Waals surface area contributed by atoms with E-state index >= 15 is 0 Å². The van der Waals surface area contributed by atoms with Gasteiger partial charge in [0, 0.05) is 0 Å². The predicted molar refractivity (Wildman–Crippen MR) is 63.0 cm³/mol. The average molecular weight is 319 g/mol. The van der Waals surface area contributed by atoms with Gasteiger partial charge in [-0.25, -0.2) is 14.3 Å². The summed E-state index contributed by atoms with van der Waals surface area (Å²) in [6.45, 7) is -0.732. The van der Waals surface area contributed by atoms with Gasteiger partial charge in [0.05, 0.1) is 6.61 Å². The number of carboxylic acids is 2. The van der Waals surface area contributed by atoms with Crippen LogP contribution < -0.4 is 0 Å². The van der Waals surface area contributed by atoms with Crippen LogP contribution in [0.1, 0.15) is 27.2 Å². The molecule has 2 rings (SSSR count). The molecule has 5 atom stereocenters. The summed E-state index contributed by atoms with van der Waals surface area (Å²) >= 11 is 0. The summed E-state index contributed by atoms with van der Waals surface area (Å²) in [4.78, 5) is 22.1. The molecular formula is C10H13N3O9. The molecular weight excluding hydrogens is 306 g/mol. The lowest BCUT2D eigenvalue weighted by atomic mass is 9.98. The van der Waals surface area contributed by atoms with Crippen molar-refractivity contribution < 1.29 is 45.0 Å². The maximum atomic E-state index is 11.2. The summed E-state index contributed by atoms with van der Waals surface area (Å²) in [5.74, 6) is -3.35. The molecule has 0 unspecified atom stereocenters. The third kappa shape index (κ3) is 2.53. The Morgan fingerprint density at radius 2 is 1.73 bits per heavy atom. The first kappa shape index (κ1) is 16.3. The van der Waals surface area contributed by atoms with Crippen LogP contribution in [0.25, 0.3) is 0 Å².